The van der Waals surface area contributed by atoms with Gasteiger partial charge in [-0.15, -0.1) is 0 Å². The third kappa shape index (κ3) is 5.38. The number of hydrogen-bond donors (Lipinski definition) is 2. The monoisotopic (exact) mass is 281 g/mol. The van der Waals surface area contributed by atoms with E-state index in [1.807, 2.05) is 20.8 Å². The average Bonchev–Trinajstić information content (AvgIpc) is 2.29. The van der Waals surface area contributed by atoms with Gasteiger partial charge in [-0.05, 0) is 23.1 Å². The highest BCUT2D eigenvalue weighted by molar-refractivity contribution is 5.80. The molecule has 0 radical (unpaired) electrons. The molecule has 5 heteroatoms. The summed E-state index contributed by atoms with van der Waals surface area (Å²) in [5.41, 5.74) is 0.313. The summed E-state index contributed by atoms with van der Waals surface area (Å²) in [5.74, 6) is -2.53. The summed E-state index contributed by atoms with van der Waals surface area (Å²) in [5, 5.41) is 11.8. The first-order valence-electron chi connectivity index (χ1n) is 6.44. The fraction of sp³-hybridized carbons (Fsp3) is 0.467. The van der Waals surface area contributed by atoms with Gasteiger partial charge in [0, 0.05) is 13.0 Å². The van der Waals surface area contributed by atoms with Crippen LogP contribution in [0.5, 0.6) is 0 Å². The molecule has 0 fully saturated rings. The van der Waals surface area contributed by atoms with Gasteiger partial charge in [0.05, 0.1) is 5.92 Å². The minimum Gasteiger partial charge on any atom is -0.481 e. The van der Waals surface area contributed by atoms with Crippen molar-refractivity contribution in [3.8, 4) is 0 Å². The van der Waals surface area contributed by atoms with E-state index in [0.717, 1.165) is 0 Å². The number of carbonyl (C=O) groups is 2. The lowest BCUT2D eigenvalue weighted by Crippen LogP contribution is -2.33. The van der Waals surface area contributed by atoms with Crippen molar-refractivity contribution < 1.29 is 19.1 Å². The fourth-order valence-electron chi connectivity index (χ4n) is 1.80. The summed E-state index contributed by atoms with van der Waals surface area (Å²) >= 11 is 0. The van der Waals surface area contributed by atoms with Gasteiger partial charge in [0.25, 0.3) is 0 Å². The highest BCUT2D eigenvalue weighted by atomic mass is 19.1. The van der Waals surface area contributed by atoms with Gasteiger partial charge in [-0.3, -0.25) is 9.59 Å². The van der Waals surface area contributed by atoms with Crippen molar-refractivity contribution in [2.45, 2.75) is 33.1 Å². The molecule has 1 amide bonds. The average molecular weight is 281 g/mol. The summed E-state index contributed by atoms with van der Waals surface area (Å²) in [6.07, 6.45) is 0.322. The van der Waals surface area contributed by atoms with Crippen LogP contribution in [0, 0.1) is 11.2 Å². The summed E-state index contributed by atoms with van der Waals surface area (Å²) in [4.78, 5) is 22.9. The number of halogens is 1. The summed E-state index contributed by atoms with van der Waals surface area (Å²) in [6, 6.07) is 5.26. The first kappa shape index (κ1) is 16.1. The molecule has 0 saturated heterocycles. The predicted molar refractivity (Wildman–Crippen MR) is 73.9 cm³/mol. The number of nitrogens with one attached hydrogen (secondary N) is 1. The number of carboxylic acids is 1. The molecule has 1 unspecified atom stereocenters. The van der Waals surface area contributed by atoms with Crippen molar-refractivity contribution in [1.29, 1.82) is 0 Å². The zero-order chi connectivity index (χ0) is 15.3. The van der Waals surface area contributed by atoms with Gasteiger partial charge < -0.3 is 10.4 Å². The van der Waals surface area contributed by atoms with Crippen LogP contribution in [0.3, 0.4) is 0 Å². The van der Waals surface area contributed by atoms with Crippen molar-refractivity contribution in [2.75, 3.05) is 6.54 Å². The molecule has 0 bridgehead atoms. The number of carboxylic acid groups (broad SMARTS) is 1. The minimum atomic E-state index is -1.05. The maximum Gasteiger partial charge on any atom is 0.312 e. The Labute approximate surface area is 118 Å². The normalized spacial score (nSPS) is 12.8. The maximum atomic E-state index is 12.8. The zero-order valence-corrected chi connectivity index (χ0v) is 11.9. The number of carbonyl (C=O) groups excluding carboxylic acids is 1. The van der Waals surface area contributed by atoms with Gasteiger partial charge in [-0.2, -0.15) is 0 Å². The molecule has 1 aromatic rings. The van der Waals surface area contributed by atoms with E-state index in [1.54, 1.807) is 0 Å². The third-order valence-electron chi connectivity index (χ3n) is 2.76. The summed E-state index contributed by atoms with van der Waals surface area (Å²) in [7, 11) is 0. The van der Waals surface area contributed by atoms with Crippen LogP contribution in [0.4, 0.5) is 4.39 Å². The van der Waals surface area contributed by atoms with Crippen molar-refractivity contribution in [1.82, 2.24) is 5.32 Å². The van der Waals surface area contributed by atoms with Gasteiger partial charge in [0.15, 0.2) is 0 Å². The molecule has 0 aromatic heterocycles. The summed E-state index contributed by atoms with van der Waals surface area (Å²) in [6.45, 7) is 5.79. The van der Waals surface area contributed by atoms with Gasteiger partial charge in [-0.25, -0.2) is 4.39 Å². The van der Waals surface area contributed by atoms with Crippen molar-refractivity contribution in [2.24, 2.45) is 5.41 Å². The van der Waals surface area contributed by atoms with E-state index in [1.165, 1.54) is 24.3 Å². The SMILES string of the molecule is CC(C)(C)CC(=O)NCC(C(=O)O)c1ccc(F)cc1. The van der Waals surface area contributed by atoms with E-state index in [9.17, 15) is 19.1 Å². The van der Waals surface area contributed by atoms with Crippen LogP contribution < -0.4 is 5.32 Å². The Morgan fingerprint density at radius 1 is 1.25 bits per heavy atom. The Bertz CT molecular complexity index is 477. The first-order chi connectivity index (χ1) is 9.19. The second-order valence-corrected chi connectivity index (χ2v) is 5.98. The zero-order valence-electron chi connectivity index (χ0n) is 11.9. The van der Waals surface area contributed by atoms with E-state index in [2.05, 4.69) is 5.32 Å². The lowest BCUT2D eigenvalue weighted by atomic mass is 9.91. The lowest BCUT2D eigenvalue weighted by Gasteiger charge is -2.19. The molecule has 0 aliphatic heterocycles. The lowest BCUT2D eigenvalue weighted by molar-refractivity contribution is -0.138. The van der Waals surface area contributed by atoms with E-state index in [4.69, 9.17) is 0 Å². The maximum absolute atomic E-state index is 12.8. The van der Waals surface area contributed by atoms with Crippen LogP contribution in [0.15, 0.2) is 24.3 Å². The van der Waals surface area contributed by atoms with Crippen molar-refractivity contribution in [3.05, 3.63) is 35.6 Å². The van der Waals surface area contributed by atoms with Crippen LogP contribution in [0.25, 0.3) is 0 Å². The number of benzene rings is 1. The second-order valence-electron chi connectivity index (χ2n) is 5.98. The van der Waals surface area contributed by atoms with E-state index in [0.29, 0.717) is 12.0 Å². The number of hydrogen-bond acceptors (Lipinski definition) is 2. The van der Waals surface area contributed by atoms with Gasteiger partial charge >= 0.3 is 5.97 Å². The number of aliphatic carboxylic acids is 1. The van der Waals surface area contributed by atoms with E-state index >= 15 is 0 Å². The smallest absolute Gasteiger partial charge is 0.312 e. The van der Waals surface area contributed by atoms with Gasteiger partial charge in [-0.1, -0.05) is 32.9 Å². The molecule has 2 N–H and O–H groups in total. The van der Waals surface area contributed by atoms with E-state index in [-0.39, 0.29) is 17.9 Å². The Hall–Kier alpha value is -1.91. The molecule has 0 saturated carbocycles. The minimum absolute atomic E-state index is 0.00409. The van der Waals surface area contributed by atoms with Crippen LogP contribution >= 0.6 is 0 Å². The predicted octanol–water partition coefficient (Wildman–Crippen LogP) is 2.55. The van der Waals surface area contributed by atoms with Gasteiger partial charge in [0.1, 0.15) is 5.82 Å². The molecular weight excluding hydrogens is 261 g/mol. The Kier molecular flexibility index (Phi) is 5.25. The van der Waals surface area contributed by atoms with Crippen molar-refractivity contribution >= 4 is 11.9 Å². The fourth-order valence-corrected chi connectivity index (χ4v) is 1.80. The molecule has 0 spiro atoms. The van der Waals surface area contributed by atoms with Crippen LogP contribution in [0.2, 0.25) is 0 Å². The third-order valence-corrected chi connectivity index (χ3v) is 2.76. The summed E-state index contributed by atoms with van der Waals surface area (Å²) < 4.78 is 12.8. The molecule has 0 aliphatic rings. The Balaban J connectivity index is 2.67. The van der Waals surface area contributed by atoms with Crippen molar-refractivity contribution in [3.63, 3.8) is 0 Å². The molecule has 1 atom stereocenters. The largest absolute Gasteiger partial charge is 0.481 e. The molecular formula is C15H20FNO3. The quantitative estimate of drug-likeness (QED) is 0.871. The first-order valence-corrected chi connectivity index (χ1v) is 6.44. The molecule has 1 rings (SSSR count). The van der Waals surface area contributed by atoms with Crippen LogP contribution in [0.1, 0.15) is 38.7 Å². The molecule has 0 heterocycles. The van der Waals surface area contributed by atoms with E-state index < -0.39 is 17.7 Å². The molecule has 0 aliphatic carbocycles. The Morgan fingerprint density at radius 3 is 2.25 bits per heavy atom. The van der Waals surface area contributed by atoms with Gasteiger partial charge in [0.2, 0.25) is 5.91 Å². The molecule has 20 heavy (non-hydrogen) atoms. The topological polar surface area (TPSA) is 66.4 Å². The standard InChI is InChI=1S/C15H20FNO3/c1-15(2,3)8-13(18)17-9-12(14(19)20)10-4-6-11(16)7-5-10/h4-7,12H,8-9H2,1-3H3,(H,17,18)(H,19,20). The Morgan fingerprint density at radius 2 is 1.80 bits per heavy atom. The van der Waals surface area contributed by atoms with Crippen LogP contribution in [-0.2, 0) is 9.59 Å². The molecule has 110 valence electrons. The second kappa shape index (κ2) is 6.50. The van der Waals surface area contributed by atoms with Crippen LogP contribution in [-0.4, -0.2) is 23.5 Å². The highest BCUT2D eigenvalue weighted by Crippen LogP contribution is 2.19. The number of amides is 1. The highest BCUT2D eigenvalue weighted by Gasteiger charge is 2.22. The number of rotatable bonds is 5. The molecule has 1 aromatic carbocycles. The molecule has 4 nitrogen and oxygen atoms in total.